The van der Waals surface area contributed by atoms with Crippen molar-refractivity contribution in [3.63, 3.8) is 0 Å². The summed E-state index contributed by atoms with van der Waals surface area (Å²) in [6, 6.07) is 12.9. The lowest BCUT2D eigenvalue weighted by molar-refractivity contribution is 0.0526. The van der Waals surface area contributed by atoms with Gasteiger partial charge in [-0.05, 0) is 69.1 Å². The third-order valence-corrected chi connectivity index (χ3v) is 5.67. The molecule has 0 radical (unpaired) electrons. The van der Waals surface area contributed by atoms with Gasteiger partial charge in [0.2, 0.25) is 0 Å². The Labute approximate surface area is 198 Å². The second kappa shape index (κ2) is 11.1. The molecule has 34 heavy (non-hydrogen) atoms. The second-order valence-electron chi connectivity index (χ2n) is 8.25. The zero-order valence-electron chi connectivity index (χ0n) is 19.4. The van der Waals surface area contributed by atoms with Gasteiger partial charge in [0.05, 0.1) is 6.61 Å². The highest BCUT2D eigenvalue weighted by Crippen LogP contribution is 2.24. The van der Waals surface area contributed by atoms with Crippen molar-refractivity contribution >= 4 is 11.8 Å². The van der Waals surface area contributed by atoms with Crippen LogP contribution in [0.15, 0.2) is 48.7 Å². The molecule has 1 atom stereocenters. The average Bonchev–Trinajstić information content (AvgIpc) is 3.36. The van der Waals surface area contributed by atoms with E-state index in [9.17, 15) is 9.18 Å². The van der Waals surface area contributed by atoms with Crippen molar-refractivity contribution < 1.29 is 18.7 Å². The molecule has 4 rings (SSSR count). The third kappa shape index (κ3) is 5.88. The molecule has 178 valence electrons. The summed E-state index contributed by atoms with van der Waals surface area (Å²) in [5.41, 5.74) is 2.27. The van der Waals surface area contributed by atoms with E-state index in [1.54, 1.807) is 13.0 Å². The van der Waals surface area contributed by atoms with Crippen molar-refractivity contribution in [2.45, 2.75) is 39.3 Å². The van der Waals surface area contributed by atoms with E-state index in [-0.39, 0.29) is 30.4 Å². The molecule has 7 nitrogen and oxygen atoms in total. The molecule has 1 unspecified atom stereocenters. The summed E-state index contributed by atoms with van der Waals surface area (Å²) in [7, 11) is 0. The Kier molecular flexibility index (Phi) is 7.69. The van der Waals surface area contributed by atoms with Crippen LogP contribution in [0.1, 0.15) is 41.3 Å². The van der Waals surface area contributed by atoms with Crippen molar-refractivity contribution in [2.75, 3.05) is 25.1 Å². The van der Waals surface area contributed by atoms with Crippen LogP contribution < -0.4 is 15.4 Å². The fraction of sp³-hybridized carbons (Fsp3) is 0.346. The number of hydrogen-bond donors (Lipinski definition) is 2. The van der Waals surface area contributed by atoms with Gasteiger partial charge in [-0.3, -0.25) is 0 Å². The van der Waals surface area contributed by atoms with Crippen LogP contribution in [0.5, 0.6) is 5.75 Å². The van der Waals surface area contributed by atoms with E-state index >= 15 is 0 Å². The van der Waals surface area contributed by atoms with Gasteiger partial charge < -0.3 is 20.1 Å². The van der Waals surface area contributed by atoms with E-state index in [1.165, 1.54) is 18.7 Å². The molecule has 2 N–H and O–H groups in total. The van der Waals surface area contributed by atoms with Crippen LogP contribution in [0.3, 0.4) is 0 Å². The number of hydrogen-bond acceptors (Lipinski definition) is 7. The Morgan fingerprint density at radius 1 is 1.24 bits per heavy atom. The lowest BCUT2D eigenvalue weighted by Gasteiger charge is -2.13. The fourth-order valence-corrected chi connectivity index (χ4v) is 3.78. The monoisotopic (exact) mass is 464 g/mol. The first-order chi connectivity index (χ1) is 16.5. The Morgan fingerprint density at radius 3 is 2.76 bits per heavy atom. The summed E-state index contributed by atoms with van der Waals surface area (Å²) in [6.45, 7) is 5.63. The van der Waals surface area contributed by atoms with Crippen LogP contribution in [0.4, 0.5) is 10.2 Å². The van der Waals surface area contributed by atoms with Crippen molar-refractivity contribution in [3.05, 3.63) is 71.2 Å². The highest BCUT2D eigenvalue weighted by atomic mass is 19.1. The normalized spacial score (nSPS) is 15.2. The number of benzene rings is 2. The van der Waals surface area contributed by atoms with Crippen molar-refractivity contribution in [1.29, 1.82) is 0 Å². The zero-order chi connectivity index (χ0) is 23.9. The highest BCUT2D eigenvalue weighted by Gasteiger charge is 2.18. The first kappa shape index (κ1) is 23.6. The second-order valence-corrected chi connectivity index (χ2v) is 8.25. The van der Waals surface area contributed by atoms with E-state index in [0.717, 1.165) is 29.8 Å². The lowest BCUT2D eigenvalue weighted by Crippen LogP contribution is -2.28. The number of halogens is 1. The predicted molar refractivity (Wildman–Crippen MR) is 128 cm³/mol. The molecule has 1 fully saturated rings. The molecule has 1 saturated heterocycles. The minimum absolute atomic E-state index is 0.164. The number of rotatable bonds is 9. The molecule has 0 spiro atoms. The molecule has 1 aromatic heterocycles. The topological polar surface area (TPSA) is 85.4 Å². The molecule has 0 saturated carbocycles. The van der Waals surface area contributed by atoms with Gasteiger partial charge >= 0.3 is 5.97 Å². The Balaban J connectivity index is 1.52. The van der Waals surface area contributed by atoms with E-state index in [2.05, 4.69) is 20.6 Å². The van der Waals surface area contributed by atoms with Crippen molar-refractivity contribution in [2.24, 2.45) is 0 Å². The maximum absolute atomic E-state index is 14.3. The third-order valence-electron chi connectivity index (χ3n) is 5.67. The standard InChI is InChI=1S/C26H29FN4O3/c1-3-33-26(32)22-15-30-24(31-25(22)29-14-19-7-6-17(2)13-23(19)27)18-8-10-21(11-9-18)34-16-20-5-4-12-28-20/h6-11,13,15,20,28H,3-5,12,14,16H2,1-2H3,(H,29,30,31). The van der Waals surface area contributed by atoms with Gasteiger partial charge in [-0.1, -0.05) is 12.1 Å². The van der Waals surface area contributed by atoms with Gasteiger partial charge in [0.1, 0.15) is 29.6 Å². The molecular formula is C26H29FN4O3. The number of ether oxygens (including phenoxy) is 2. The minimum Gasteiger partial charge on any atom is -0.492 e. The van der Waals surface area contributed by atoms with Crippen molar-refractivity contribution in [3.8, 4) is 17.1 Å². The first-order valence-corrected chi connectivity index (χ1v) is 11.5. The molecule has 0 bridgehead atoms. The maximum Gasteiger partial charge on any atom is 0.343 e. The molecule has 2 aromatic carbocycles. The number of nitrogens with zero attached hydrogens (tertiary/aromatic N) is 2. The number of aryl methyl sites for hydroxylation is 1. The van der Waals surface area contributed by atoms with E-state index in [0.29, 0.717) is 24.0 Å². The van der Waals surface area contributed by atoms with Crippen LogP contribution in [-0.2, 0) is 11.3 Å². The van der Waals surface area contributed by atoms with Crippen LogP contribution in [0.25, 0.3) is 11.4 Å². The number of anilines is 1. The van der Waals surface area contributed by atoms with Gasteiger partial charge in [0, 0.05) is 29.9 Å². The predicted octanol–water partition coefficient (Wildman–Crippen LogP) is 4.51. The Morgan fingerprint density at radius 2 is 2.06 bits per heavy atom. The molecule has 8 heteroatoms. The largest absolute Gasteiger partial charge is 0.492 e. The summed E-state index contributed by atoms with van der Waals surface area (Å²) in [5, 5.41) is 6.49. The summed E-state index contributed by atoms with van der Waals surface area (Å²) < 4.78 is 25.3. The molecule has 3 aromatic rings. The summed E-state index contributed by atoms with van der Waals surface area (Å²) in [5.74, 6) is 0.641. The SMILES string of the molecule is CCOC(=O)c1cnc(-c2ccc(OCC3CCCN3)cc2)nc1NCc1ccc(C)cc1F. The highest BCUT2D eigenvalue weighted by molar-refractivity contribution is 5.94. The number of esters is 1. The molecule has 2 heterocycles. The first-order valence-electron chi connectivity index (χ1n) is 11.5. The van der Waals surface area contributed by atoms with E-state index in [4.69, 9.17) is 9.47 Å². The van der Waals surface area contributed by atoms with Gasteiger partial charge in [0.15, 0.2) is 5.82 Å². The molecule has 0 aliphatic carbocycles. The van der Waals surface area contributed by atoms with E-state index < -0.39 is 5.97 Å². The van der Waals surface area contributed by atoms with E-state index in [1.807, 2.05) is 37.3 Å². The molecule has 1 aliphatic rings. The number of nitrogens with one attached hydrogen (secondary N) is 2. The molecule has 0 amide bonds. The zero-order valence-corrected chi connectivity index (χ0v) is 19.4. The van der Waals surface area contributed by atoms with Crippen LogP contribution in [-0.4, -0.2) is 41.7 Å². The summed E-state index contributed by atoms with van der Waals surface area (Å²) >= 11 is 0. The Bertz CT molecular complexity index is 1130. The number of carbonyl (C=O) groups excluding carboxylic acids is 1. The molecule has 1 aliphatic heterocycles. The Hall–Kier alpha value is -3.52. The van der Waals surface area contributed by atoms with Gasteiger partial charge in [-0.25, -0.2) is 19.2 Å². The minimum atomic E-state index is -0.537. The van der Waals surface area contributed by atoms with Crippen molar-refractivity contribution in [1.82, 2.24) is 15.3 Å². The van der Waals surface area contributed by atoms with Crippen LogP contribution >= 0.6 is 0 Å². The molecular weight excluding hydrogens is 435 g/mol. The number of carbonyl (C=O) groups is 1. The van der Waals surface area contributed by atoms with Gasteiger partial charge in [-0.2, -0.15) is 0 Å². The van der Waals surface area contributed by atoms with Crippen LogP contribution in [0, 0.1) is 12.7 Å². The maximum atomic E-state index is 14.3. The van der Waals surface area contributed by atoms with Crippen LogP contribution in [0.2, 0.25) is 0 Å². The van der Waals surface area contributed by atoms with Gasteiger partial charge in [0.25, 0.3) is 0 Å². The average molecular weight is 465 g/mol. The quantitative estimate of drug-likeness (QED) is 0.451. The fourth-order valence-electron chi connectivity index (χ4n) is 3.78. The smallest absolute Gasteiger partial charge is 0.343 e. The summed E-state index contributed by atoms with van der Waals surface area (Å²) in [4.78, 5) is 21.3. The van der Waals surface area contributed by atoms with Gasteiger partial charge in [-0.15, -0.1) is 0 Å². The summed E-state index contributed by atoms with van der Waals surface area (Å²) in [6.07, 6.45) is 3.74. The number of aromatic nitrogens is 2. The lowest BCUT2D eigenvalue weighted by atomic mass is 10.1.